The third kappa shape index (κ3) is 5.13. The molecule has 0 radical (unpaired) electrons. The number of benzene rings is 10. The van der Waals surface area contributed by atoms with Crippen LogP contribution in [-0.2, 0) is 5.41 Å². The van der Waals surface area contributed by atoms with Crippen molar-refractivity contribution in [1.29, 1.82) is 0 Å². The molecule has 1 heterocycles. The van der Waals surface area contributed by atoms with Gasteiger partial charge in [0.2, 0.25) is 0 Å². The summed E-state index contributed by atoms with van der Waals surface area (Å²) in [6, 6.07) is 73.2. The molecule has 278 valence electrons. The number of hydrogen-bond acceptors (Lipinski definition) is 2. The van der Waals surface area contributed by atoms with Gasteiger partial charge in [-0.2, -0.15) is 0 Å². The molecule has 10 aromatic carbocycles. The van der Waals surface area contributed by atoms with E-state index >= 15 is 0 Å². The fourth-order valence-corrected chi connectivity index (χ4v) is 9.93. The summed E-state index contributed by atoms with van der Waals surface area (Å²) in [5.74, 6) is 1.71. The number of para-hydroxylation sites is 1. The van der Waals surface area contributed by atoms with Crippen LogP contribution in [0.15, 0.2) is 200 Å². The van der Waals surface area contributed by atoms with Gasteiger partial charge in [0.1, 0.15) is 11.5 Å². The normalized spacial score (nSPS) is 13.2. The average Bonchev–Trinajstić information content (AvgIpc) is 3.42. The first-order chi connectivity index (χ1) is 29.0. The van der Waals surface area contributed by atoms with Crippen LogP contribution in [0, 0.1) is 0 Å². The second kappa shape index (κ2) is 12.8. The number of nitrogens with zero attached hydrogens (tertiary/aromatic N) is 1. The van der Waals surface area contributed by atoms with Gasteiger partial charge >= 0.3 is 0 Å². The first kappa shape index (κ1) is 33.7. The Morgan fingerprint density at radius 1 is 0.373 bits per heavy atom. The minimum atomic E-state index is -0.150. The van der Waals surface area contributed by atoms with Gasteiger partial charge in [0.15, 0.2) is 0 Å². The third-order valence-electron chi connectivity index (χ3n) is 12.8. The maximum absolute atomic E-state index is 7.18. The van der Waals surface area contributed by atoms with Crippen LogP contribution >= 0.6 is 0 Å². The predicted octanol–water partition coefficient (Wildman–Crippen LogP) is 16.0. The van der Waals surface area contributed by atoms with Gasteiger partial charge in [-0.05, 0) is 114 Å². The molecule has 0 amide bonds. The highest BCUT2D eigenvalue weighted by Gasteiger charge is 2.36. The van der Waals surface area contributed by atoms with Crippen LogP contribution in [0.2, 0.25) is 0 Å². The molecule has 0 aromatic heterocycles. The molecule has 12 rings (SSSR count). The van der Waals surface area contributed by atoms with E-state index in [9.17, 15) is 0 Å². The highest BCUT2D eigenvalue weighted by molar-refractivity contribution is 6.15. The van der Waals surface area contributed by atoms with E-state index in [4.69, 9.17) is 4.74 Å². The van der Waals surface area contributed by atoms with Crippen molar-refractivity contribution < 1.29 is 4.74 Å². The Hall–Kier alpha value is -7.42. The molecule has 0 unspecified atom stereocenters. The second-order valence-corrected chi connectivity index (χ2v) is 16.5. The van der Waals surface area contributed by atoms with E-state index in [0.29, 0.717) is 0 Å². The van der Waals surface area contributed by atoms with Gasteiger partial charge in [0.05, 0.1) is 5.69 Å². The van der Waals surface area contributed by atoms with Gasteiger partial charge in [-0.25, -0.2) is 0 Å². The number of ether oxygens (including phenoxy) is 1. The number of anilines is 3. The summed E-state index contributed by atoms with van der Waals surface area (Å²) in [5, 5.41) is 7.29. The van der Waals surface area contributed by atoms with E-state index in [1.54, 1.807) is 0 Å². The number of hydrogen-bond donors (Lipinski definition) is 0. The van der Waals surface area contributed by atoms with Crippen molar-refractivity contribution in [3.05, 3.63) is 211 Å². The Balaban J connectivity index is 1.13. The zero-order chi connectivity index (χ0) is 39.2. The second-order valence-electron chi connectivity index (χ2n) is 16.5. The average molecular weight is 754 g/mol. The lowest BCUT2D eigenvalue weighted by Gasteiger charge is -2.30. The number of fused-ring (bicyclic) bond motifs is 12. The Kier molecular flexibility index (Phi) is 7.31. The SMILES string of the molecule is CC1(C)c2ccccc2-c2ccc(N(c3ccc4c(c3)-c3cc5ccccc5cc3-c3cccc(-c5ccccc5)c3O4)c3cc4ccccc4c4ccccc34)cc21. The molecule has 2 heteroatoms. The lowest BCUT2D eigenvalue weighted by molar-refractivity contribution is 0.489. The van der Waals surface area contributed by atoms with Gasteiger partial charge < -0.3 is 9.64 Å². The van der Waals surface area contributed by atoms with Gasteiger partial charge in [-0.3, -0.25) is 0 Å². The Labute approximate surface area is 344 Å². The van der Waals surface area contributed by atoms with E-state index in [1.165, 1.54) is 54.6 Å². The smallest absolute Gasteiger partial charge is 0.143 e. The van der Waals surface area contributed by atoms with Crippen LogP contribution in [0.25, 0.3) is 76.8 Å². The molecule has 1 aliphatic carbocycles. The van der Waals surface area contributed by atoms with E-state index in [-0.39, 0.29) is 5.41 Å². The summed E-state index contributed by atoms with van der Waals surface area (Å²) in [7, 11) is 0. The van der Waals surface area contributed by atoms with Gasteiger partial charge in [0.25, 0.3) is 0 Å². The lowest BCUT2D eigenvalue weighted by Crippen LogP contribution is -2.16. The largest absolute Gasteiger partial charge is 0.455 e. The summed E-state index contributed by atoms with van der Waals surface area (Å²) in [5.41, 5.74) is 15.2. The zero-order valence-electron chi connectivity index (χ0n) is 32.9. The first-order valence-corrected chi connectivity index (χ1v) is 20.5. The summed E-state index contributed by atoms with van der Waals surface area (Å²) < 4.78 is 7.18. The van der Waals surface area contributed by atoms with E-state index in [1.807, 2.05) is 0 Å². The Morgan fingerprint density at radius 2 is 0.966 bits per heavy atom. The molecule has 59 heavy (non-hydrogen) atoms. The van der Waals surface area contributed by atoms with E-state index in [0.717, 1.165) is 61.9 Å². The number of rotatable bonds is 4. The maximum Gasteiger partial charge on any atom is 0.143 e. The fraction of sp³-hybridized carbons (Fsp3) is 0.0526. The summed E-state index contributed by atoms with van der Waals surface area (Å²) in [6.45, 7) is 4.72. The fourth-order valence-electron chi connectivity index (χ4n) is 9.93. The van der Waals surface area contributed by atoms with E-state index < -0.39 is 0 Å². The molecule has 0 bridgehead atoms. The van der Waals surface area contributed by atoms with Crippen LogP contribution < -0.4 is 9.64 Å². The Morgan fingerprint density at radius 3 is 1.78 bits per heavy atom. The van der Waals surface area contributed by atoms with Crippen molar-refractivity contribution in [3.8, 4) is 56.0 Å². The van der Waals surface area contributed by atoms with Gasteiger partial charge in [-0.1, -0.05) is 166 Å². The van der Waals surface area contributed by atoms with Crippen LogP contribution in [0.5, 0.6) is 11.5 Å². The molecular weight excluding hydrogens is 715 g/mol. The monoisotopic (exact) mass is 753 g/mol. The molecule has 0 saturated heterocycles. The van der Waals surface area contributed by atoms with Crippen molar-refractivity contribution in [2.24, 2.45) is 0 Å². The highest BCUT2D eigenvalue weighted by Crippen LogP contribution is 2.55. The molecule has 1 aliphatic heterocycles. The van der Waals surface area contributed by atoms with Crippen molar-refractivity contribution in [3.63, 3.8) is 0 Å². The predicted molar refractivity (Wildman–Crippen MR) is 248 cm³/mol. The van der Waals surface area contributed by atoms with Crippen LogP contribution in [0.3, 0.4) is 0 Å². The van der Waals surface area contributed by atoms with Crippen molar-refractivity contribution in [2.75, 3.05) is 4.90 Å². The summed E-state index contributed by atoms with van der Waals surface area (Å²) >= 11 is 0. The molecule has 2 aliphatic rings. The minimum Gasteiger partial charge on any atom is -0.455 e. The standard InChI is InChI=1S/C57H39NO/c1-57(2)52-26-13-12-22-45(52)46-29-27-41(35-53(46)57)58(54-33-39-19-8-9-20-42(39)44-21-10-11-23-47(44)54)40-28-30-55-51(34-40)50-32-38-18-7-6-17-37(38)31-49(50)48-25-14-24-43(56(48)59-55)36-15-4-3-5-16-36/h3-35H,1-2H3. The molecule has 0 N–H and O–H groups in total. The van der Waals surface area contributed by atoms with E-state index in [2.05, 4.69) is 219 Å². The van der Waals surface area contributed by atoms with Crippen molar-refractivity contribution in [2.45, 2.75) is 19.3 Å². The summed E-state index contributed by atoms with van der Waals surface area (Å²) in [4.78, 5) is 2.47. The molecule has 0 atom stereocenters. The van der Waals surface area contributed by atoms with Crippen LogP contribution in [-0.4, -0.2) is 0 Å². The van der Waals surface area contributed by atoms with Crippen molar-refractivity contribution in [1.82, 2.24) is 0 Å². The van der Waals surface area contributed by atoms with Crippen LogP contribution in [0.1, 0.15) is 25.0 Å². The molecule has 2 nitrogen and oxygen atoms in total. The quantitative estimate of drug-likeness (QED) is 0.166. The highest BCUT2D eigenvalue weighted by atomic mass is 16.5. The summed E-state index contributed by atoms with van der Waals surface area (Å²) in [6.07, 6.45) is 0. The van der Waals surface area contributed by atoms with Crippen LogP contribution in [0.4, 0.5) is 17.1 Å². The molecule has 0 saturated carbocycles. The zero-order valence-corrected chi connectivity index (χ0v) is 32.9. The van der Waals surface area contributed by atoms with Gasteiger partial charge in [-0.15, -0.1) is 0 Å². The Bertz CT molecular complexity index is 3340. The maximum atomic E-state index is 7.18. The minimum absolute atomic E-state index is 0.150. The van der Waals surface area contributed by atoms with Crippen molar-refractivity contribution >= 4 is 49.4 Å². The molecule has 10 aromatic rings. The topological polar surface area (TPSA) is 12.5 Å². The molecule has 0 fully saturated rings. The third-order valence-corrected chi connectivity index (χ3v) is 12.8. The molecule has 0 spiro atoms. The lowest BCUT2D eigenvalue weighted by atomic mass is 9.82. The van der Waals surface area contributed by atoms with Gasteiger partial charge in [0, 0.05) is 38.9 Å². The first-order valence-electron chi connectivity index (χ1n) is 20.5. The molecular formula is C57H39NO.